The van der Waals surface area contributed by atoms with Crippen LogP contribution in [0.25, 0.3) is 6.08 Å². The Hall–Kier alpha value is -2.76. The molecule has 6 heteroatoms. The molecule has 0 bridgehead atoms. The summed E-state index contributed by atoms with van der Waals surface area (Å²) in [5.74, 6) is 1.60. The van der Waals surface area contributed by atoms with Gasteiger partial charge in [0.2, 0.25) is 5.91 Å². The summed E-state index contributed by atoms with van der Waals surface area (Å²) in [7, 11) is 1.86. The lowest BCUT2D eigenvalue weighted by Crippen LogP contribution is -2.28. The highest BCUT2D eigenvalue weighted by atomic mass is 16.5. The minimum atomic E-state index is 0.0310. The van der Waals surface area contributed by atoms with Gasteiger partial charge in [-0.3, -0.25) is 9.48 Å². The molecule has 1 aromatic heterocycles. The van der Waals surface area contributed by atoms with E-state index in [9.17, 15) is 4.79 Å². The standard InChI is InChI=1S/C20H23N3O3/c1-22-14-15(13-21-22)5-8-20(24)23-9-2-4-17(23)16-6-7-18-19(12-16)26-11-3-10-25-18/h5-8,12-14,17H,2-4,9-11H2,1H3/b8-5+/t17-/m0/s1. The van der Waals surface area contributed by atoms with E-state index < -0.39 is 0 Å². The van der Waals surface area contributed by atoms with Crippen LogP contribution in [-0.2, 0) is 11.8 Å². The largest absolute Gasteiger partial charge is 0.490 e. The third-order valence-corrected chi connectivity index (χ3v) is 4.84. The van der Waals surface area contributed by atoms with Crippen LogP contribution in [0.15, 0.2) is 36.7 Å². The van der Waals surface area contributed by atoms with Gasteiger partial charge in [0, 0.05) is 37.8 Å². The number of fused-ring (bicyclic) bond motifs is 1. The number of nitrogens with zero attached hydrogens (tertiary/aromatic N) is 3. The molecule has 2 aliphatic heterocycles. The molecule has 2 aromatic rings. The number of aryl methyl sites for hydroxylation is 1. The fraction of sp³-hybridized carbons (Fsp3) is 0.400. The number of aromatic nitrogens is 2. The second-order valence-corrected chi connectivity index (χ2v) is 6.73. The predicted octanol–water partition coefficient (Wildman–Crippen LogP) is 2.96. The summed E-state index contributed by atoms with van der Waals surface area (Å²) in [5.41, 5.74) is 2.03. The van der Waals surface area contributed by atoms with Gasteiger partial charge in [-0.2, -0.15) is 5.10 Å². The maximum atomic E-state index is 12.7. The monoisotopic (exact) mass is 353 g/mol. The SMILES string of the molecule is Cn1cc(/C=C/C(=O)N2CCC[C@H]2c2ccc3c(c2)OCCCO3)cn1. The number of amides is 1. The van der Waals surface area contributed by atoms with Crippen LogP contribution in [0.4, 0.5) is 0 Å². The molecule has 1 amide bonds. The van der Waals surface area contributed by atoms with Gasteiger partial charge in [-0.05, 0) is 36.6 Å². The third-order valence-electron chi connectivity index (χ3n) is 4.84. The van der Waals surface area contributed by atoms with Crippen molar-refractivity contribution < 1.29 is 14.3 Å². The van der Waals surface area contributed by atoms with Crippen LogP contribution in [0.5, 0.6) is 11.5 Å². The van der Waals surface area contributed by atoms with Crippen molar-refractivity contribution in [2.75, 3.05) is 19.8 Å². The van der Waals surface area contributed by atoms with Crippen LogP contribution in [0, 0.1) is 0 Å². The number of likely N-dealkylation sites (tertiary alicyclic amines) is 1. The van der Waals surface area contributed by atoms with E-state index in [1.807, 2.05) is 36.4 Å². The third kappa shape index (κ3) is 3.45. The topological polar surface area (TPSA) is 56.6 Å². The lowest BCUT2D eigenvalue weighted by molar-refractivity contribution is -0.126. The van der Waals surface area contributed by atoms with Crippen molar-refractivity contribution in [3.63, 3.8) is 0 Å². The summed E-state index contributed by atoms with van der Waals surface area (Å²) >= 11 is 0. The van der Waals surface area contributed by atoms with Gasteiger partial charge in [0.05, 0.1) is 25.5 Å². The molecule has 2 aliphatic rings. The second kappa shape index (κ2) is 7.23. The van der Waals surface area contributed by atoms with Gasteiger partial charge in [0.25, 0.3) is 0 Å². The van der Waals surface area contributed by atoms with Crippen LogP contribution < -0.4 is 9.47 Å². The molecule has 1 atom stereocenters. The normalized spacial score (nSPS) is 19.7. The Morgan fingerprint density at radius 1 is 1.23 bits per heavy atom. The van der Waals surface area contributed by atoms with Crippen LogP contribution in [0.3, 0.4) is 0 Å². The Balaban J connectivity index is 1.52. The first kappa shape index (κ1) is 16.7. The van der Waals surface area contributed by atoms with Gasteiger partial charge in [0.1, 0.15) is 0 Å². The zero-order chi connectivity index (χ0) is 17.9. The Bertz CT molecular complexity index is 827. The molecular formula is C20H23N3O3. The maximum Gasteiger partial charge on any atom is 0.247 e. The quantitative estimate of drug-likeness (QED) is 0.796. The van der Waals surface area contributed by atoms with E-state index in [0.29, 0.717) is 13.2 Å². The van der Waals surface area contributed by atoms with Gasteiger partial charge in [-0.15, -0.1) is 0 Å². The molecule has 136 valence electrons. The van der Waals surface area contributed by atoms with Gasteiger partial charge in [-0.25, -0.2) is 0 Å². The Kier molecular flexibility index (Phi) is 4.65. The van der Waals surface area contributed by atoms with E-state index in [1.165, 1.54) is 0 Å². The molecule has 4 rings (SSSR count). The van der Waals surface area contributed by atoms with E-state index in [-0.39, 0.29) is 11.9 Å². The van der Waals surface area contributed by atoms with Crippen molar-refractivity contribution in [3.8, 4) is 11.5 Å². The van der Waals surface area contributed by atoms with E-state index in [2.05, 4.69) is 11.2 Å². The highest BCUT2D eigenvalue weighted by molar-refractivity contribution is 5.92. The van der Waals surface area contributed by atoms with Gasteiger partial charge in [-0.1, -0.05) is 6.07 Å². The number of carbonyl (C=O) groups is 1. The van der Waals surface area contributed by atoms with Gasteiger partial charge in [0.15, 0.2) is 11.5 Å². The molecule has 1 aromatic carbocycles. The first-order valence-corrected chi connectivity index (χ1v) is 9.07. The Morgan fingerprint density at radius 2 is 2.08 bits per heavy atom. The van der Waals surface area contributed by atoms with Crippen molar-refractivity contribution in [3.05, 3.63) is 47.8 Å². The zero-order valence-corrected chi connectivity index (χ0v) is 14.9. The minimum absolute atomic E-state index is 0.0310. The van der Waals surface area contributed by atoms with E-state index in [1.54, 1.807) is 17.0 Å². The van der Waals surface area contributed by atoms with Crippen molar-refractivity contribution >= 4 is 12.0 Å². The van der Waals surface area contributed by atoms with Crippen LogP contribution >= 0.6 is 0 Å². The molecule has 0 radical (unpaired) electrons. The van der Waals surface area contributed by atoms with E-state index in [0.717, 1.165) is 48.4 Å². The zero-order valence-electron chi connectivity index (χ0n) is 14.9. The average molecular weight is 353 g/mol. The molecule has 0 aliphatic carbocycles. The second-order valence-electron chi connectivity index (χ2n) is 6.73. The molecule has 26 heavy (non-hydrogen) atoms. The van der Waals surface area contributed by atoms with Crippen LogP contribution in [0.2, 0.25) is 0 Å². The molecular weight excluding hydrogens is 330 g/mol. The van der Waals surface area contributed by atoms with Crippen molar-refractivity contribution in [2.45, 2.75) is 25.3 Å². The molecule has 1 fully saturated rings. The Morgan fingerprint density at radius 3 is 2.88 bits per heavy atom. The summed E-state index contributed by atoms with van der Waals surface area (Å²) in [6.07, 6.45) is 9.94. The summed E-state index contributed by atoms with van der Waals surface area (Å²) in [4.78, 5) is 14.6. The van der Waals surface area contributed by atoms with Crippen LogP contribution in [0.1, 0.15) is 36.4 Å². The molecule has 6 nitrogen and oxygen atoms in total. The van der Waals surface area contributed by atoms with Gasteiger partial charge < -0.3 is 14.4 Å². The van der Waals surface area contributed by atoms with E-state index in [4.69, 9.17) is 9.47 Å². The molecule has 0 N–H and O–H groups in total. The number of ether oxygens (including phenoxy) is 2. The van der Waals surface area contributed by atoms with Crippen molar-refractivity contribution in [2.24, 2.45) is 7.05 Å². The molecule has 0 saturated carbocycles. The smallest absolute Gasteiger partial charge is 0.247 e. The first-order chi connectivity index (χ1) is 12.7. The number of hydrogen-bond donors (Lipinski definition) is 0. The first-order valence-electron chi connectivity index (χ1n) is 9.07. The predicted molar refractivity (Wildman–Crippen MR) is 98.0 cm³/mol. The number of hydrogen-bond acceptors (Lipinski definition) is 4. The molecule has 0 spiro atoms. The molecule has 0 unspecified atom stereocenters. The summed E-state index contributed by atoms with van der Waals surface area (Å²) in [5, 5.41) is 4.12. The lowest BCUT2D eigenvalue weighted by Gasteiger charge is -2.24. The molecule has 1 saturated heterocycles. The molecule has 3 heterocycles. The van der Waals surface area contributed by atoms with Crippen LogP contribution in [-0.4, -0.2) is 40.3 Å². The Labute approximate surface area is 153 Å². The average Bonchev–Trinajstić information content (AvgIpc) is 3.23. The van der Waals surface area contributed by atoms with Crippen molar-refractivity contribution in [1.82, 2.24) is 14.7 Å². The summed E-state index contributed by atoms with van der Waals surface area (Å²) in [6, 6.07) is 6.12. The highest BCUT2D eigenvalue weighted by Crippen LogP contribution is 2.38. The van der Waals surface area contributed by atoms with Crippen molar-refractivity contribution in [1.29, 1.82) is 0 Å². The highest BCUT2D eigenvalue weighted by Gasteiger charge is 2.29. The summed E-state index contributed by atoms with van der Waals surface area (Å²) in [6.45, 7) is 2.12. The summed E-state index contributed by atoms with van der Waals surface area (Å²) < 4.78 is 13.2. The number of carbonyl (C=O) groups excluding carboxylic acids is 1. The maximum absolute atomic E-state index is 12.7. The number of benzene rings is 1. The number of rotatable bonds is 3. The lowest BCUT2D eigenvalue weighted by atomic mass is 10.0. The fourth-order valence-corrected chi connectivity index (χ4v) is 3.55. The minimum Gasteiger partial charge on any atom is -0.490 e. The fourth-order valence-electron chi connectivity index (χ4n) is 3.55. The van der Waals surface area contributed by atoms with Gasteiger partial charge >= 0.3 is 0 Å². The van der Waals surface area contributed by atoms with E-state index >= 15 is 0 Å².